The van der Waals surface area contributed by atoms with Crippen LogP contribution in [0.3, 0.4) is 0 Å². The second kappa shape index (κ2) is 5.79. The maximum absolute atomic E-state index is 4.98. The third kappa shape index (κ3) is 3.94. The van der Waals surface area contributed by atoms with Gasteiger partial charge in [0.1, 0.15) is 5.76 Å². The predicted octanol–water partition coefficient (Wildman–Crippen LogP) is 4.09. The minimum Gasteiger partial charge on any atom is -0.497 e. The molecule has 0 atom stereocenters. The number of ether oxygens (including phenoxy) is 1. The first-order chi connectivity index (χ1) is 7.13. The van der Waals surface area contributed by atoms with E-state index in [4.69, 9.17) is 4.74 Å². The molecule has 0 aromatic heterocycles. The SMILES string of the molecule is C=C(/C=C\C(=C)C1CCC(C)CC1)OC. The van der Waals surface area contributed by atoms with Crippen LogP contribution in [0.15, 0.2) is 36.6 Å². The quantitative estimate of drug-likeness (QED) is 0.497. The summed E-state index contributed by atoms with van der Waals surface area (Å²) in [5.74, 6) is 2.26. The Morgan fingerprint density at radius 3 is 2.27 bits per heavy atom. The van der Waals surface area contributed by atoms with Gasteiger partial charge in [-0.1, -0.05) is 44.6 Å². The second-order valence-corrected chi connectivity index (χ2v) is 4.54. The molecule has 0 spiro atoms. The molecule has 0 heterocycles. The first-order valence-corrected chi connectivity index (χ1v) is 5.73. The highest BCUT2D eigenvalue weighted by molar-refractivity contribution is 5.23. The van der Waals surface area contributed by atoms with E-state index in [2.05, 4.69) is 20.1 Å². The lowest BCUT2D eigenvalue weighted by atomic mass is 9.79. The van der Waals surface area contributed by atoms with Crippen LogP contribution in [0.25, 0.3) is 0 Å². The molecular weight excluding hydrogens is 184 g/mol. The van der Waals surface area contributed by atoms with Crippen LogP contribution in [0.5, 0.6) is 0 Å². The van der Waals surface area contributed by atoms with Crippen molar-refractivity contribution in [2.75, 3.05) is 7.11 Å². The molecule has 0 saturated heterocycles. The van der Waals surface area contributed by atoms with Gasteiger partial charge in [0.2, 0.25) is 0 Å². The van der Waals surface area contributed by atoms with Crippen molar-refractivity contribution in [3.8, 4) is 0 Å². The maximum Gasteiger partial charge on any atom is 0.111 e. The van der Waals surface area contributed by atoms with Gasteiger partial charge < -0.3 is 4.74 Å². The summed E-state index contributed by atoms with van der Waals surface area (Å²) in [6, 6.07) is 0. The lowest BCUT2D eigenvalue weighted by Crippen LogP contribution is -2.13. The average Bonchev–Trinajstić information content (AvgIpc) is 2.26. The van der Waals surface area contributed by atoms with Crippen molar-refractivity contribution in [2.45, 2.75) is 32.6 Å². The van der Waals surface area contributed by atoms with E-state index in [1.807, 2.05) is 12.2 Å². The van der Waals surface area contributed by atoms with Crippen LogP contribution in [0.1, 0.15) is 32.6 Å². The highest BCUT2D eigenvalue weighted by Gasteiger charge is 2.18. The molecule has 1 heteroatoms. The lowest BCUT2D eigenvalue weighted by Gasteiger charge is -2.26. The topological polar surface area (TPSA) is 9.23 Å². The summed E-state index contributed by atoms with van der Waals surface area (Å²) in [5, 5.41) is 0. The number of allylic oxidation sites excluding steroid dienone is 3. The van der Waals surface area contributed by atoms with E-state index >= 15 is 0 Å². The Morgan fingerprint density at radius 1 is 1.13 bits per heavy atom. The fourth-order valence-corrected chi connectivity index (χ4v) is 2.03. The van der Waals surface area contributed by atoms with E-state index in [0.29, 0.717) is 11.7 Å². The molecule has 1 saturated carbocycles. The summed E-state index contributed by atoms with van der Waals surface area (Å²) in [5.41, 5.74) is 1.22. The zero-order chi connectivity index (χ0) is 11.3. The van der Waals surface area contributed by atoms with Gasteiger partial charge in [-0.15, -0.1) is 0 Å². The van der Waals surface area contributed by atoms with Gasteiger partial charge in [-0.2, -0.15) is 0 Å². The minimum atomic E-state index is 0.669. The normalized spacial score (nSPS) is 26.5. The fraction of sp³-hybridized carbons (Fsp3) is 0.571. The van der Waals surface area contributed by atoms with E-state index in [0.717, 1.165) is 5.92 Å². The van der Waals surface area contributed by atoms with Crippen LogP contribution in [0.2, 0.25) is 0 Å². The molecule has 0 amide bonds. The summed E-state index contributed by atoms with van der Waals surface area (Å²) in [6.45, 7) is 10.2. The van der Waals surface area contributed by atoms with E-state index in [1.54, 1.807) is 7.11 Å². The molecule has 84 valence electrons. The lowest BCUT2D eigenvalue weighted by molar-refractivity contribution is 0.308. The summed E-state index contributed by atoms with van der Waals surface area (Å²) < 4.78 is 4.98. The van der Waals surface area contributed by atoms with Crippen molar-refractivity contribution >= 4 is 0 Å². The maximum atomic E-state index is 4.98. The second-order valence-electron chi connectivity index (χ2n) is 4.54. The summed E-state index contributed by atoms with van der Waals surface area (Å²) >= 11 is 0. The third-order valence-electron chi connectivity index (χ3n) is 3.29. The van der Waals surface area contributed by atoms with Crippen molar-refractivity contribution in [1.82, 2.24) is 0 Å². The molecular formula is C14H22O. The van der Waals surface area contributed by atoms with Crippen LogP contribution in [0, 0.1) is 11.8 Å². The molecule has 0 radical (unpaired) electrons. The number of rotatable bonds is 4. The Bertz CT molecular complexity index is 255. The van der Waals surface area contributed by atoms with Crippen molar-refractivity contribution in [3.63, 3.8) is 0 Å². The van der Waals surface area contributed by atoms with Gasteiger partial charge in [-0.3, -0.25) is 0 Å². The van der Waals surface area contributed by atoms with Gasteiger partial charge in [-0.05, 0) is 30.8 Å². The van der Waals surface area contributed by atoms with Crippen molar-refractivity contribution in [3.05, 3.63) is 36.6 Å². The molecule has 1 nitrogen and oxygen atoms in total. The molecule has 1 aliphatic carbocycles. The monoisotopic (exact) mass is 206 g/mol. The van der Waals surface area contributed by atoms with Crippen molar-refractivity contribution in [2.24, 2.45) is 11.8 Å². The van der Waals surface area contributed by atoms with E-state index in [9.17, 15) is 0 Å². The largest absolute Gasteiger partial charge is 0.497 e. The smallest absolute Gasteiger partial charge is 0.111 e. The molecule has 0 aliphatic heterocycles. The van der Waals surface area contributed by atoms with Crippen LogP contribution >= 0.6 is 0 Å². The van der Waals surface area contributed by atoms with Gasteiger partial charge in [0.05, 0.1) is 7.11 Å². The molecule has 1 rings (SSSR count). The van der Waals surface area contributed by atoms with Gasteiger partial charge in [0.25, 0.3) is 0 Å². The van der Waals surface area contributed by atoms with E-state index in [1.165, 1.54) is 31.3 Å². The molecule has 1 fully saturated rings. The first-order valence-electron chi connectivity index (χ1n) is 5.73. The fourth-order valence-electron chi connectivity index (χ4n) is 2.03. The Hall–Kier alpha value is -0.980. The Balaban J connectivity index is 2.40. The van der Waals surface area contributed by atoms with E-state index in [-0.39, 0.29) is 0 Å². The number of hydrogen-bond acceptors (Lipinski definition) is 1. The molecule has 1 aliphatic rings. The van der Waals surface area contributed by atoms with Crippen LogP contribution < -0.4 is 0 Å². The molecule has 0 bridgehead atoms. The highest BCUT2D eigenvalue weighted by atomic mass is 16.5. The van der Waals surface area contributed by atoms with Crippen LogP contribution in [0.4, 0.5) is 0 Å². The first kappa shape index (κ1) is 12.1. The standard InChI is InChI=1S/C14H22O/c1-11-5-9-14(10-6-11)12(2)7-8-13(3)15-4/h7-8,11,14H,2-3,5-6,9-10H2,1,4H3/b8-7-. The number of methoxy groups -OCH3 is 1. The predicted molar refractivity (Wildman–Crippen MR) is 65.6 cm³/mol. The summed E-state index contributed by atoms with van der Waals surface area (Å²) in [4.78, 5) is 0. The minimum absolute atomic E-state index is 0.669. The van der Waals surface area contributed by atoms with Gasteiger partial charge in [0.15, 0.2) is 0 Å². The molecule has 0 aromatic carbocycles. The van der Waals surface area contributed by atoms with Gasteiger partial charge in [-0.25, -0.2) is 0 Å². The molecule has 15 heavy (non-hydrogen) atoms. The summed E-state index contributed by atoms with van der Waals surface area (Å²) in [6.07, 6.45) is 9.19. The van der Waals surface area contributed by atoms with Gasteiger partial charge in [0, 0.05) is 0 Å². The van der Waals surface area contributed by atoms with Crippen LogP contribution in [-0.2, 0) is 4.74 Å². The van der Waals surface area contributed by atoms with Crippen molar-refractivity contribution in [1.29, 1.82) is 0 Å². The van der Waals surface area contributed by atoms with E-state index < -0.39 is 0 Å². The molecule has 0 unspecified atom stereocenters. The number of hydrogen-bond donors (Lipinski definition) is 0. The van der Waals surface area contributed by atoms with Crippen LogP contribution in [-0.4, -0.2) is 7.11 Å². The Labute approximate surface area is 93.5 Å². The van der Waals surface area contributed by atoms with Gasteiger partial charge >= 0.3 is 0 Å². The average molecular weight is 206 g/mol. The Morgan fingerprint density at radius 2 is 1.73 bits per heavy atom. The zero-order valence-corrected chi connectivity index (χ0v) is 9.96. The highest BCUT2D eigenvalue weighted by Crippen LogP contribution is 2.32. The Kier molecular flexibility index (Phi) is 4.67. The molecule has 0 N–H and O–H groups in total. The molecule has 0 aromatic rings. The zero-order valence-electron chi connectivity index (χ0n) is 9.96. The van der Waals surface area contributed by atoms with Crippen molar-refractivity contribution < 1.29 is 4.74 Å². The third-order valence-corrected chi connectivity index (χ3v) is 3.29. The summed E-state index contributed by atoms with van der Waals surface area (Å²) in [7, 11) is 1.64.